The Bertz CT molecular complexity index is 936. The van der Waals surface area contributed by atoms with E-state index in [4.69, 9.17) is 23.7 Å². The Morgan fingerprint density at radius 1 is 0.935 bits per heavy atom. The van der Waals surface area contributed by atoms with Crippen LogP contribution >= 0.6 is 0 Å². The van der Waals surface area contributed by atoms with Crippen molar-refractivity contribution in [1.29, 1.82) is 0 Å². The van der Waals surface area contributed by atoms with E-state index in [1.54, 1.807) is 32.2 Å². The average Bonchev–Trinajstić information content (AvgIpc) is 2.73. The fraction of sp³-hybridized carbons (Fsp3) is 0.333. The van der Waals surface area contributed by atoms with Gasteiger partial charge in [0.25, 0.3) is 0 Å². The molecule has 31 heavy (non-hydrogen) atoms. The molecule has 7 nitrogen and oxygen atoms in total. The fourth-order valence-electron chi connectivity index (χ4n) is 3.08. The van der Waals surface area contributed by atoms with Crippen LogP contribution in [0.1, 0.15) is 38.0 Å². The van der Waals surface area contributed by atoms with Crippen LogP contribution in [0.3, 0.4) is 0 Å². The van der Waals surface area contributed by atoms with Gasteiger partial charge in [-0.1, -0.05) is 18.2 Å². The third-order valence-corrected chi connectivity index (χ3v) is 4.41. The van der Waals surface area contributed by atoms with Crippen molar-refractivity contribution in [3.8, 4) is 23.0 Å². The van der Waals surface area contributed by atoms with Crippen molar-refractivity contribution >= 4 is 11.9 Å². The molecule has 2 aromatic rings. The lowest BCUT2D eigenvalue weighted by molar-refractivity contribution is -0.151. The number of benzene rings is 2. The molecule has 0 bridgehead atoms. The summed E-state index contributed by atoms with van der Waals surface area (Å²) >= 11 is 0. The van der Waals surface area contributed by atoms with Gasteiger partial charge >= 0.3 is 11.9 Å². The number of ether oxygens (including phenoxy) is 5. The largest absolute Gasteiger partial charge is 0.493 e. The van der Waals surface area contributed by atoms with E-state index in [2.05, 4.69) is 6.58 Å². The maximum atomic E-state index is 11.8. The van der Waals surface area contributed by atoms with Gasteiger partial charge in [0.1, 0.15) is 6.10 Å². The van der Waals surface area contributed by atoms with Gasteiger partial charge in [-0.25, -0.2) is 0 Å². The van der Waals surface area contributed by atoms with Crippen LogP contribution in [0.5, 0.6) is 23.0 Å². The summed E-state index contributed by atoms with van der Waals surface area (Å²) in [6, 6.07) is 10.5. The molecule has 0 amide bonds. The first-order valence-electron chi connectivity index (χ1n) is 9.77. The first kappa shape index (κ1) is 23.8. The molecule has 2 rings (SSSR count). The summed E-state index contributed by atoms with van der Waals surface area (Å²) < 4.78 is 27.6. The Morgan fingerprint density at radius 2 is 1.58 bits per heavy atom. The van der Waals surface area contributed by atoms with E-state index < -0.39 is 24.1 Å². The molecular formula is C24H28O7. The van der Waals surface area contributed by atoms with Gasteiger partial charge in [0.05, 0.1) is 14.2 Å². The molecule has 2 aromatic carbocycles. The Hall–Kier alpha value is -3.48. The Morgan fingerprint density at radius 3 is 2.16 bits per heavy atom. The van der Waals surface area contributed by atoms with Crippen LogP contribution < -0.4 is 18.9 Å². The molecule has 0 aliphatic heterocycles. The molecule has 0 saturated heterocycles. The second-order valence-electron chi connectivity index (χ2n) is 6.83. The van der Waals surface area contributed by atoms with Gasteiger partial charge in [-0.15, -0.1) is 6.58 Å². The van der Waals surface area contributed by atoms with Crippen LogP contribution in [0.15, 0.2) is 49.1 Å². The van der Waals surface area contributed by atoms with Gasteiger partial charge in [-0.05, 0) is 43.2 Å². The van der Waals surface area contributed by atoms with Crippen LogP contribution in [-0.2, 0) is 20.7 Å². The highest BCUT2D eigenvalue weighted by Gasteiger charge is 2.26. The third-order valence-electron chi connectivity index (χ3n) is 4.41. The van der Waals surface area contributed by atoms with Gasteiger partial charge in [0.15, 0.2) is 29.1 Å². The smallest absolute Gasteiger partial charge is 0.308 e. The normalized spacial score (nSPS) is 12.3. The number of rotatable bonds is 10. The van der Waals surface area contributed by atoms with Crippen molar-refractivity contribution in [3.63, 3.8) is 0 Å². The SMILES string of the molecule is C=CCc1ccc(O[C@@H](C)[C@H](OC(C)=O)c2ccc(OC(C)=O)c(OC)c2)c(OC)c1. The van der Waals surface area contributed by atoms with E-state index in [1.807, 2.05) is 24.3 Å². The molecule has 0 spiro atoms. The molecule has 0 heterocycles. The van der Waals surface area contributed by atoms with Crippen LogP contribution in [-0.4, -0.2) is 32.3 Å². The molecule has 0 N–H and O–H groups in total. The summed E-state index contributed by atoms with van der Waals surface area (Å²) in [5.74, 6) is 0.763. The molecule has 0 unspecified atom stereocenters. The molecule has 0 radical (unpaired) electrons. The first-order valence-corrected chi connectivity index (χ1v) is 9.77. The predicted octanol–water partition coefficient (Wildman–Crippen LogP) is 4.43. The van der Waals surface area contributed by atoms with Crippen LogP contribution in [0.2, 0.25) is 0 Å². The zero-order chi connectivity index (χ0) is 23.0. The lowest BCUT2D eigenvalue weighted by Gasteiger charge is -2.26. The Kier molecular flexibility index (Phi) is 8.49. The standard InChI is InChI=1S/C24H28O7/c1-7-8-18-9-11-20(22(13-18)27-5)29-15(2)24(31-17(4)26)19-10-12-21(30-16(3)25)23(14-19)28-6/h7,9-15,24H,1,8H2,2-6H3/t15-,24-/m0/s1. The minimum atomic E-state index is -0.740. The monoisotopic (exact) mass is 428 g/mol. The second kappa shape index (κ2) is 11.1. The molecular weight excluding hydrogens is 400 g/mol. The summed E-state index contributed by atoms with van der Waals surface area (Å²) in [4.78, 5) is 23.1. The summed E-state index contributed by atoms with van der Waals surface area (Å²) in [6.07, 6.45) is 1.21. The zero-order valence-electron chi connectivity index (χ0n) is 18.5. The number of carbonyl (C=O) groups excluding carboxylic acids is 2. The van der Waals surface area contributed by atoms with E-state index in [0.29, 0.717) is 29.2 Å². The summed E-state index contributed by atoms with van der Waals surface area (Å²) in [6.45, 7) is 8.17. The summed E-state index contributed by atoms with van der Waals surface area (Å²) in [5, 5.41) is 0. The van der Waals surface area contributed by atoms with Crippen molar-refractivity contribution in [2.45, 2.75) is 39.4 Å². The Labute approximate surface area is 182 Å². The molecule has 0 aliphatic carbocycles. The van der Waals surface area contributed by atoms with Crippen LogP contribution in [0, 0.1) is 0 Å². The Balaban J connectivity index is 2.35. The summed E-state index contributed by atoms with van der Waals surface area (Å²) in [7, 11) is 3.02. The molecule has 7 heteroatoms. The molecule has 0 fully saturated rings. The lowest BCUT2D eigenvalue weighted by atomic mass is 10.0. The zero-order valence-corrected chi connectivity index (χ0v) is 18.5. The molecule has 0 aliphatic rings. The highest BCUT2D eigenvalue weighted by atomic mass is 16.6. The van der Waals surface area contributed by atoms with Crippen LogP contribution in [0.4, 0.5) is 0 Å². The van der Waals surface area contributed by atoms with Gasteiger partial charge in [-0.2, -0.15) is 0 Å². The number of hydrogen-bond donors (Lipinski definition) is 0. The quantitative estimate of drug-likeness (QED) is 0.315. The second-order valence-corrected chi connectivity index (χ2v) is 6.83. The lowest BCUT2D eigenvalue weighted by Crippen LogP contribution is -2.26. The van der Waals surface area contributed by atoms with Crippen molar-refractivity contribution < 1.29 is 33.3 Å². The van der Waals surface area contributed by atoms with Crippen molar-refractivity contribution in [2.24, 2.45) is 0 Å². The minimum absolute atomic E-state index is 0.272. The van der Waals surface area contributed by atoms with Gasteiger partial charge < -0.3 is 23.7 Å². The van der Waals surface area contributed by atoms with Crippen molar-refractivity contribution in [1.82, 2.24) is 0 Å². The van der Waals surface area contributed by atoms with Crippen LogP contribution in [0.25, 0.3) is 0 Å². The number of hydrogen-bond acceptors (Lipinski definition) is 7. The van der Waals surface area contributed by atoms with E-state index >= 15 is 0 Å². The van der Waals surface area contributed by atoms with Gasteiger partial charge in [0.2, 0.25) is 0 Å². The van der Waals surface area contributed by atoms with E-state index in [9.17, 15) is 9.59 Å². The maximum Gasteiger partial charge on any atom is 0.308 e. The predicted molar refractivity (Wildman–Crippen MR) is 116 cm³/mol. The highest BCUT2D eigenvalue weighted by molar-refractivity contribution is 5.70. The molecule has 0 aromatic heterocycles. The summed E-state index contributed by atoms with van der Waals surface area (Å²) in [5.41, 5.74) is 1.66. The van der Waals surface area contributed by atoms with Gasteiger partial charge in [0, 0.05) is 19.4 Å². The first-order chi connectivity index (χ1) is 14.8. The fourth-order valence-corrected chi connectivity index (χ4v) is 3.08. The van der Waals surface area contributed by atoms with Crippen molar-refractivity contribution in [2.75, 3.05) is 14.2 Å². The third kappa shape index (κ3) is 6.50. The topological polar surface area (TPSA) is 80.3 Å². The minimum Gasteiger partial charge on any atom is -0.493 e. The van der Waals surface area contributed by atoms with E-state index in [-0.39, 0.29) is 5.75 Å². The van der Waals surface area contributed by atoms with E-state index in [0.717, 1.165) is 5.56 Å². The van der Waals surface area contributed by atoms with E-state index in [1.165, 1.54) is 21.0 Å². The molecule has 0 saturated carbocycles. The van der Waals surface area contributed by atoms with Crippen molar-refractivity contribution in [3.05, 3.63) is 60.2 Å². The number of carbonyl (C=O) groups is 2. The highest BCUT2D eigenvalue weighted by Crippen LogP contribution is 2.36. The number of allylic oxidation sites excluding steroid dienone is 1. The maximum absolute atomic E-state index is 11.8. The number of esters is 2. The van der Waals surface area contributed by atoms with Gasteiger partial charge in [-0.3, -0.25) is 9.59 Å². The number of methoxy groups -OCH3 is 2. The average molecular weight is 428 g/mol. The molecule has 2 atom stereocenters. The molecule has 166 valence electrons.